The smallest absolute Gasteiger partial charge is 0.204 e. The third kappa shape index (κ3) is 6.52. The molecule has 2 aliphatic rings. The van der Waals surface area contributed by atoms with Crippen LogP contribution < -0.4 is 26.0 Å². The summed E-state index contributed by atoms with van der Waals surface area (Å²) in [6, 6.07) is 15.5. The topological polar surface area (TPSA) is 107 Å². The number of nitrogens with zero attached hydrogens (tertiary/aromatic N) is 4. The number of nitrogens with one attached hydrogen (secondary N) is 4. The number of guanidine groups is 2. The van der Waals surface area contributed by atoms with Crippen molar-refractivity contribution in [3.8, 4) is 5.75 Å². The molecule has 11 heteroatoms. The van der Waals surface area contributed by atoms with Gasteiger partial charge in [-0.15, -0.1) is 0 Å². The van der Waals surface area contributed by atoms with E-state index < -0.39 is 0 Å². The van der Waals surface area contributed by atoms with E-state index in [1.165, 1.54) is 0 Å². The van der Waals surface area contributed by atoms with Crippen LogP contribution in [-0.2, 0) is 4.74 Å². The van der Waals surface area contributed by atoms with Crippen LogP contribution in [0.25, 0.3) is 10.9 Å². The monoisotopic (exact) mass is 522 g/mol. The van der Waals surface area contributed by atoms with Gasteiger partial charge in [0.25, 0.3) is 0 Å². The number of hydrogen-bond donors (Lipinski definition) is 4. The number of aromatic nitrogens is 1. The molecule has 1 atom stereocenters. The first kappa shape index (κ1) is 24.9. The van der Waals surface area contributed by atoms with E-state index in [9.17, 15) is 0 Å². The number of pyridine rings is 1. The van der Waals surface area contributed by atoms with Crippen molar-refractivity contribution in [1.82, 2.24) is 20.5 Å². The van der Waals surface area contributed by atoms with Crippen LogP contribution in [0.5, 0.6) is 5.75 Å². The van der Waals surface area contributed by atoms with Gasteiger partial charge in [-0.05, 0) is 55.0 Å². The Hall–Kier alpha value is -3.76. The minimum absolute atomic E-state index is 0.362. The third-order valence-electron chi connectivity index (χ3n) is 6.08. The summed E-state index contributed by atoms with van der Waals surface area (Å²) in [7, 11) is 1.66. The predicted molar refractivity (Wildman–Crippen MR) is 149 cm³/mol. The molecule has 5 rings (SSSR count). The molecule has 3 heterocycles. The number of anilines is 2. The first-order valence-electron chi connectivity index (χ1n) is 12.4. The zero-order valence-electron chi connectivity index (χ0n) is 20.7. The van der Waals surface area contributed by atoms with Gasteiger partial charge in [0.1, 0.15) is 5.75 Å². The summed E-state index contributed by atoms with van der Waals surface area (Å²) in [6.07, 6.45) is 2.28. The van der Waals surface area contributed by atoms with Crippen LogP contribution in [0.15, 0.2) is 64.7 Å². The molecule has 4 N–H and O–H groups in total. The Balaban J connectivity index is 1.20. The molecule has 1 saturated heterocycles. The van der Waals surface area contributed by atoms with Crippen molar-refractivity contribution >= 4 is 45.8 Å². The molecule has 0 saturated carbocycles. The average Bonchev–Trinajstić information content (AvgIpc) is 2.93. The lowest BCUT2D eigenvalue weighted by Crippen LogP contribution is -2.59. The molecule has 0 amide bonds. The standard InChI is InChI=1S/C26H31ClN8O2/c1-36-20-6-4-19(5-7-20)31-25-32-24(33-26(34-25)35-13-15-37-16-14-35)30-11-2-10-28-22-9-12-29-23-17-18(27)3-8-21(22)23/h3-9,12,17,25,31H,2,10-11,13-16H2,1H3,(H,28,29)(H2,30,32,33,34). The SMILES string of the molecule is COc1ccc(NC2N=C(N3CCOCC3)NC(=NCCCNc3ccnc4cc(Cl)ccc34)N2)cc1. The molecule has 10 nitrogen and oxygen atoms in total. The van der Waals surface area contributed by atoms with Crippen LogP contribution >= 0.6 is 11.6 Å². The van der Waals surface area contributed by atoms with Gasteiger partial charge >= 0.3 is 0 Å². The zero-order chi connectivity index (χ0) is 25.5. The van der Waals surface area contributed by atoms with E-state index in [1.54, 1.807) is 13.3 Å². The lowest BCUT2D eigenvalue weighted by molar-refractivity contribution is 0.0666. The molecular formula is C26H31ClN8O2. The molecule has 0 radical (unpaired) electrons. The number of aliphatic imine (C=N–C) groups is 2. The number of halogens is 1. The molecule has 0 spiro atoms. The number of methoxy groups -OCH3 is 1. The maximum Gasteiger partial charge on any atom is 0.204 e. The van der Waals surface area contributed by atoms with Crippen molar-refractivity contribution in [2.75, 3.05) is 57.1 Å². The van der Waals surface area contributed by atoms with Gasteiger partial charge in [-0.2, -0.15) is 0 Å². The number of morpholine rings is 1. The Morgan fingerprint density at radius 1 is 1.16 bits per heavy atom. The predicted octanol–water partition coefficient (Wildman–Crippen LogP) is 3.33. The molecule has 2 aromatic carbocycles. The Morgan fingerprint density at radius 2 is 2.00 bits per heavy atom. The summed E-state index contributed by atoms with van der Waals surface area (Å²) in [6.45, 7) is 4.34. The summed E-state index contributed by atoms with van der Waals surface area (Å²) in [5.74, 6) is 2.28. The summed E-state index contributed by atoms with van der Waals surface area (Å²) in [5.41, 5.74) is 2.84. The van der Waals surface area contributed by atoms with Crippen LogP contribution in [-0.4, -0.2) is 74.6 Å². The Bertz CT molecular complexity index is 1260. The summed E-state index contributed by atoms with van der Waals surface area (Å²) >= 11 is 6.10. The molecule has 1 aromatic heterocycles. The van der Waals surface area contributed by atoms with Gasteiger partial charge in [0.15, 0.2) is 6.29 Å². The molecule has 2 aliphatic heterocycles. The first-order chi connectivity index (χ1) is 18.2. The van der Waals surface area contributed by atoms with Crippen LogP contribution in [0.2, 0.25) is 5.02 Å². The van der Waals surface area contributed by atoms with Crippen molar-refractivity contribution in [2.24, 2.45) is 9.98 Å². The lowest BCUT2D eigenvalue weighted by Gasteiger charge is -2.34. The summed E-state index contributed by atoms with van der Waals surface area (Å²) in [4.78, 5) is 16.2. The van der Waals surface area contributed by atoms with E-state index in [4.69, 9.17) is 31.1 Å². The van der Waals surface area contributed by atoms with E-state index in [1.807, 2.05) is 48.5 Å². The Labute approximate surface area is 221 Å². The van der Waals surface area contributed by atoms with Gasteiger partial charge in [-0.25, -0.2) is 4.99 Å². The first-order valence-corrected chi connectivity index (χ1v) is 12.7. The number of rotatable bonds is 8. The minimum Gasteiger partial charge on any atom is -0.497 e. The van der Waals surface area contributed by atoms with Crippen LogP contribution in [0.4, 0.5) is 11.4 Å². The fourth-order valence-corrected chi connectivity index (χ4v) is 4.33. The van der Waals surface area contributed by atoms with Gasteiger partial charge in [-0.1, -0.05) is 11.6 Å². The quantitative estimate of drug-likeness (QED) is 0.334. The molecule has 37 heavy (non-hydrogen) atoms. The number of benzene rings is 2. The van der Waals surface area contributed by atoms with Crippen molar-refractivity contribution < 1.29 is 9.47 Å². The van der Waals surface area contributed by atoms with Crippen LogP contribution in [0, 0.1) is 0 Å². The minimum atomic E-state index is -0.362. The highest BCUT2D eigenvalue weighted by atomic mass is 35.5. The molecular weight excluding hydrogens is 492 g/mol. The van der Waals surface area contributed by atoms with Crippen molar-refractivity contribution in [3.63, 3.8) is 0 Å². The number of ether oxygens (including phenoxy) is 2. The normalized spacial score (nSPS) is 18.6. The molecule has 0 bridgehead atoms. The highest BCUT2D eigenvalue weighted by Gasteiger charge is 2.23. The van der Waals surface area contributed by atoms with Gasteiger partial charge < -0.3 is 30.3 Å². The second-order valence-corrected chi connectivity index (χ2v) is 9.06. The largest absolute Gasteiger partial charge is 0.497 e. The summed E-state index contributed by atoms with van der Waals surface area (Å²) in [5, 5.41) is 15.3. The number of hydrogen-bond acceptors (Lipinski definition) is 8. The van der Waals surface area contributed by atoms with Gasteiger partial charge in [0, 0.05) is 54.2 Å². The lowest BCUT2D eigenvalue weighted by atomic mass is 10.2. The van der Waals surface area contributed by atoms with E-state index in [0.717, 1.165) is 60.0 Å². The van der Waals surface area contributed by atoms with Crippen molar-refractivity contribution in [2.45, 2.75) is 12.7 Å². The summed E-state index contributed by atoms with van der Waals surface area (Å²) < 4.78 is 10.8. The molecule has 3 aromatic rings. The van der Waals surface area contributed by atoms with E-state index >= 15 is 0 Å². The molecule has 1 fully saturated rings. The van der Waals surface area contributed by atoms with Gasteiger partial charge in [-0.3, -0.25) is 15.3 Å². The average molecular weight is 523 g/mol. The van der Waals surface area contributed by atoms with Crippen molar-refractivity contribution in [3.05, 3.63) is 59.8 Å². The van der Waals surface area contributed by atoms with E-state index in [-0.39, 0.29) is 6.29 Å². The maximum atomic E-state index is 6.10. The molecule has 194 valence electrons. The van der Waals surface area contributed by atoms with E-state index in [0.29, 0.717) is 30.7 Å². The fourth-order valence-electron chi connectivity index (χ4n) is 4.16. The highest BCUT2D eigenvalue weighted by molar-refractivity contribution is 6.31. The Morgan fingerprint density at radius 3 is 2.81 bits per heavy atom. The highest BCUT2D eigenvalue weighted by Crippen LogP contribution is 2.24. The zero-order valence-corrected chi connectivity index (χ0v) is 21.5. The number of fused-ring (bicyclic) bond motifs is 1. The Kier molecular flexibility index (Phi) is 8.07. The van der Waals surface area contributed by atoms with Gasteiger partial charge in [0.2, 0.25) is 11.9 Å². The maximum absolute atomic E-state index is 6.10. The second-order valence-electron chi connectivity index (χ2n) is 8.63. The third-order valence-corrected chi connectivity index (χ3v) is 6.32. The fraction of sp³-hybridized carbons (Fsp3) is 0.346. The van der Waals surface area contributed by atoms with Crippen molar-refractivity contribution in [1.29, 1.82) is 0 Å². The van der Waals surface area contributed by atoms with Crippen LogP contribution in [0.3, 0.4) is 0 Å². The molecule has 0 aliphatic carbocycles. The van der Waals surface area contributed by atoms with Gasteiger partial charge in [0.05, 0.1) is 25.8 Å². The molecule has 1 unspecified atom stereocenters. The van der Waals surface area contributed by atoms with E-state index in [2.05, 4.69) is 31.2 Å². The second kappa shape index (κ2) is 12.0. The van der Waals surface area contributed by atoms with Crippen LogP contribution in [0.1, 0.15) is 6.42 Å².